The molecule has 1 unspecified atom stereocenters. The summed E-state index contributed by atoms with van der Waals surface area (Å²) in [6, 6.07) is 18.2. The van der Waals surface area contributed by atoms with Gasteiger partial charge < -0.3 is 20.3 Å². The highest BCUT2D eigenvalue weighted by molar-refractivity contribution is 6.58. The maximum absolute atomic E-state index is 13.0. The van der Waals surface area contributed by atoms with Gasteiger partial charge in [-0.3, -0.25) is 9.78 Å². The van der Waals surface area contributed by atoms with Gasteiger partial charge in [0.15, 0.2) is 0 Å². The number of aryl methyl sites for hydroxylation is 1. The summed E-state index contributed by atoms with van der Waals surface area (Å²) in [5, 5.41) is 21.8. The predicted octanol–water partition coefficient (Wildman–Crippen LogP) is 2.72. The van der Waals surface area contributed by atoms with Crippen molar-refractivity contribution in [2.75, 3.05) is 4.90 Å². The number of pyridine rings is 1. The fourth-order valence-electron chi connectivity index (χ4n) is 3.89. The van der Waals surface area contributed by atoms with Crippen LogP contribution in [0.25, 0.3) is 5.70 Å². The van der Waals surface area contributed by atoms with Gasteiger partial charge in [-0.25, -0.2) is 0 Å². The number of carbonyl (C=O) groups excluding carboxylic acids is 1. The van der Waals surface area contributed by atoms with Gasteiger partial charge in [-0.1, -0.05) is 42.5 Å². The second-order valence-electron chi connectivity index (χ2n) is 7.85. The first-order chi connectivity index (χ1) is 16.2. The standard InChI is InChI=1S/C24H21BF3N3O3/c26-24(27,28)21-11-10-17(15-29-21)20-14-23(32)30-22(31(20)19-7-2-1-3-8-19)12-9-16-5-4-6-18(13-16)25(33)34/h1-8,10-11,13-15,22,33-34H,9,12H2,(H,30,32). The molecular weight excluding hydrogens is 446 g/mol. The van der Waals surface area contributed by atoms with Crippen molar-refractivity contribution in [3.63, 3.8) is 0 Å². The molecule has 0 radical (unpaired) electrons. The van der Waals surface area contributed by atoms with Crippen LogP contribution in [-0.2, 0) is 17.4 Å². The molecule has 0 aliphatic carbocycles. The van der Waals surface area contributed by atoms with E-state index in [1.807, 2.05) is 41.3 Å². The predicted molar refractivity (Wildman–Crippen MR) is 123 cm³/mol. The largest absolute Gasteiger partial charge is 0.488 e. The van der Waals surface area contributed by atoms with E-state index in [0.717, 1.165) is 23.5 Å². The van der Waals surface area contributed by atoms with E-state index in [9.17, 15) is 28.0 Å². The average Bonchev–Trinajstić information content (AvgIpc) is 2.82. The molecule has 4 rings (SSSR count). The van der Waals surface area contributed by atoms with Crippen molar-refractivity contribution >= 4 is 29.9 Å². The van der Waals surface area contributed by atoms with E-state index in [0.29, 0.717) is 29.6 Å². The molecule has 0 bridgehead atoms. The smallest absolute Gasteiger partial charge is 0.423 e. The SMILES string of the molecule is O=C1C=C(c2ccc(C(F)(F)F)nc2)N(c2ccccc2)C(CCc2cccc(B(O)O)c2)N1. The number of carbonyl (C=O) groups is 1. The molecule has 1 atom stereocenters. The van der Waals surface area contributed by atoms with Crippen LogP contribution in [-0.4, -0.2) is 34.2 Å². The Morgan fingerprint density at radius 1 is 1.03 bits per heavy atom. The van der Waals surface area contributed by atoms with Crippen molar-refractivity contribution in [2.24, 2.45) is 0 Å². The molecule has 10 heteroatoms. The Bertz CT molecular complexity index is 1190. The normalized spacial score (nSPS) is 16.1. The number of benzene rings is 2. The summed E-state index contributed by atoms with van der Waals surface area (Å²) >= 11 is 0. The Morgan fingerprint density at radius 3 is 2.44 bits per heavy atom. The average molecular weight is 467 g/mol. The maximum Gasteiger partial charge on any atom is 0.488 e. The highest BCUT2D eigenvalue weighted by Gasteiger charge is 2.33. The van der Waals surface area contributed by atoms with Gasteiger partial charge in [-0.05, 0) is 48.1 Å². The number of halogens is 3. The molecule has 0 spiro atoms. The molecule has 3 N–H and O–H groups in total. The molecule has 0 saturated carbocycles. The third-order valence-electron chi connectivity index (χ3n) is 5.49. The molecule has 1 aromatic heterocycles. The molecule has 174 valence electrons. The first-order valence-corrected chi connectivity index (χ1v) is 10.6. The van der Waals surface area contributed by atoms with Crippen LogP contribution in [0.3, 0.4) is 0 Å². The van der Waals surface area contributed by atoms with Crippen LogP contribution in [0.15, 0.2) is 79.0 Å². The van der Waals surface area contributed by atoms with Gasteiger partial charge in [0.05, 0.1) is 5.70 Å². The van der Waals surface area contributed by atoms with E-state index in [1.165, 1.54) is 12.1 Å². The van der Waals surface area contributed by atoms with Gasteiger partial charge >= 0.3 is 13.3 Å². The molecule has 34 heavy (non-hydrogen) atoms. The molecule has 2 aromatic carbocycles. The Labute approximate surface area is 194 Å². The minimum Gasteiger partial charge on any atom is -0.423 e. The highest BCUT2D eigenvalue weighted by atomic mass is 19.4. The molecule has 0 fully saturated rings. The van der Waals surface area contributed by atoms with Gasteiger partial charge in [0.2, 0.25) is 5.91 Å². The first-order valence-electron chi connectivity index (χ1n) is 10.6. The van der Waals surface area contributed by atoms with Crippen molar-refractivity contribution in [3.8, 4) is 0 Å². The number of hydrogen-bond donors (Lipinski definition) is 3. The van der Waals surface area contributed by atoms with Crippen LogP contribution in [0, 0.1) is 0 Å². The molecule has 1 amide bonds. The monoisotopic (exact) mass is 467 g/mol. The van der Waals surface area contributed by atoms with E-state index in [-0.39, 0.29) is 5.91 Å². The number of para-hydroxylation sites is 1. The quantitative estimate of drug-likeness (QED) is 0.486. The Morgan fingerprint density at radius 2 is 1.79 bits per heavy atom. The molecular formula is C24H21BF3N3O3. The molecule has 1 aliphatic rings. The maximum atomic E-state index is 13.0. The van der Waals surface area contributed by atoms with E-state index in [1.54, 1.807) is 18.2 Å². The van der Waals surface area contributed by atoms with Gasteiger partial charge in [-0.2, -0.15) is 13.2 Å². The molecule has 0 saturated heterocycles. The zero-order valence-electron chi connectivity index (χ0n) is 17.9. The summed E-state index contributed by atoms with van der Waals surface area (Å²) in [6.07, 6.45) is -1.64. The lowest BCUT2D eigenvalue weighted by atomic mass is 9.79. The minimum atomic E-state index is -4.56. The number of nitrogens with one attached hydrogen (secondary N) is 1. The van der Waals surface area contributed by atoms with Gasteiger partial charge in [-0.15, -0.1) is 0 Å². The van der Waals surface area contributed by atoms with Crippen molar-refractivity contribution in [1.82, 2.24) is 10.3 Å². The zero-order valence-corrected chi connectivity index (χ0v) is 17.9. The number of rotatable bonds is 6. The van der Waals surface area contributed by atoms with Crippen molar-refractivity contribution in [1.29, 1.82) is 0 Å². The van der Waals surface area contributed by atoms with Crippen molar-refractivity contribution in [3.05, 3.63) is 95.8 Å². The number of aromatic nitrogens is 1. The summed E-state index contributed by atoms with van der Waals surface area (Å²) in [5.74, 6) is -0.369. The van der Waals surface area contributed by atoms with Crippen molar-refractivity contribution < 1.29 is 28.0 Å². The van der Waals surface area contributed by atoms with Gasteiger partial charge in [0, 0.05) is 23.5 Å². The summed E-state index contributed by atoms with van der Waals surface area (Å²) < 4.78 is 39.0. The van der Waals surface area contributed by atoms with Crippen molar-refractivity contribution in [2.45, 2.75) is 25.2 Å². The van der Waals surface area contributed by atoms with E-state index >= 15 is 0 Å². The van der Waals surface area contributed by atoms with E-state index in [2.05, 4.69) is 10.3 Å². The second-order valence-corrected chi connectivity index (χ2v) is 7.85. The lowest BCUT2D eigenvalue weighted by Crippen LogP contribution is -2.51. The van der Waals surface area contributed by atoms with E-state index < -0.39 is 25.2 Å². The van der Waals surface area contributed by atoms with E-state index in [4.69, 9.17) is 0 Å². The third-order valence-corrected chi connectivity index (χ3v) is 5.49. The summed E-state index contributed by atoms with van der Waals surface area (Å²) in [6.45, 7) is 0. The summed E-state index contributed by atoms with van der Waals surface area (Å²) in [5.41, 5.74) is 1.76. The third kappa shape index (κ3) is 5.29. The van der Waals surface area contributed by atoms with Crippen LogP contribution in [0.5, 0.6) is 0 Å². The molecule has 2 heterocycles. The lowest BCUT2D eigenvalue weighted by Gasteiger charge is -2.39. The minimum absolute atomic E-state index is 0.363. The first kappa shape index (κ1) is 23.5. The number of anilines is 1. The Balaban J connectivity index is 1.66. The lowest BCUT2D eigenvalue weighted by molar-refractivity contribution is -0.141. The summed E-state index contributed by atoms with van der Waals surface area (Å²) in [4.78, 5) is 17.9. The fraction of sp³-hybridized carbons (Fsp3) is 0.167. The van der Waals surface area contributed by atoms with Gasteiger partial charge in [0.1, 0.15) is 11.9 Å². The number of alkyl halides is 3. The molecule has 1 aliphatic heterocycles. The van der Waals surface area contributed by atoms with Crippen LogP contribution in [0.4, 0.5) is 18.9 Å². The van der Waals surface area contributed by atoms with Crippen LogP contribution in [0.1, 0.15) is 23.2 Å². The second kappa shape index (κ2) is 9.70. The number of amides is 1. The fourth-order valence-corrected chi connectivity index (χ4v) is 3.89. The molecule has 3 aromatic rings. The Kier molecular flexibility index (Phi) is 6.71. The molecule has 6 nitrogen and oxygen atoms in total. The number of hydrogen-bond acceptors (Lipinski definition) is 5. The topological polar surface area (TPSA) is 85.7 Å². The highest BCUT2D eigenvalue weighted by Crippen LogP contribution is 2.33. The number of nitrogens with zero attached hydrogens (tertiary/aromatic N) is 2. The Hall–Kier alpha value is -3.63. The van der Waals surface area contributed by atoms with Crippen LogP contribution in [0.2, 0.25) is 0 Å². The van der Waals surface area contributed by atoms with Crippen LogP contribution >= 0.6 is 0 Å². The summed E-state index contributed by atoms with van der Waals surface area (Å²) in [7, 11) is -1.59. The van der Waals surface area contributed by atoms with Crippen LogP contribution < -0.4 is 15.7 Å². The van der Waals surface area contributed by atoms with Gasteiger partial charge in [0.25, 0.3) is 0 Å². The zero-order chi connectivity index (χ0) is 24.3.